The van der Waals surface area contributed by atoms with Gasteiger partial charge in [-0.1, -0.05) is 12.1 Å². The van der Waals surface area contributed by atoms with Gasteiger partial charge in [0.2, 0.25) is 5.91 Å². The van der Waals surface area contributed by atoms with Crippen molar-refractivity contribution in [3.8, 4) is 0 Å². The van der Waals surface area contributed by atoms with Crippen LogP contribution in [-0.4, -0.2) is 49.0 Å². The number of anilines is 1. The molecule has 0 spiro atoms. The molecule has 0 atom stereocenters. The molecule has 104 valence electrons. The lowest BCUT2D eigenvalue weighted by Gasteiger charge is -2.32. The first-order valence-electron chi connectivity index (χ1n) is 6.67. The number of carbonyl (C=O) groups is 1. The van der Waals surface area contributed by atoms with Crippen molar-refractivity contribution < 1.29 is 4.79 Å². The highest BCUT2D eigenvalue weighted by Gasteiger charge is 2.12. The van der Waals surface area contributed by atoms with E-state index in [1.54, 1.807) is 0 Å². The van der Waals surface area contributed by atoms with Crippen LogP contribution in [0.25, 0.3) is 0 Å². The van der Waals surface area contributed by atoms with Crippen LogP contribution in [0.15, 0.2) is 24.3 Å². The molecule has 2 rings (SSSR count). The monoisotopic (exact) mass is 262 g/mol. The molecule has 5 nitrogen and oxygen atoms in total. The van der Waals surface area contributed by atoms with Gasteiger partial charge in [0.05, 0.1) is 0 Å². The maximum atomic E-state index is 10.9. The van der Waals surface area contributed by atoms with Gasteiger partial charge in [-0.25, -0.2) is 5.01 Å². The summed E-state index contributed by atoms with van der Waals surface area (Å²) in [4.78, 5) is 13.3. The number of piperazine rings is 1. The average molecular weight is 262 g/mol. The first-order valence-corrected chi connectivity index (χ1v) is 6.67. The van der Waals surface area contributed by atoms with Gasteiger partial charge >= 0.3 is 0 Å². The summed E-state index contributed by atoms with van der Waals surface area (Å²) in [5, 5.41) is 5.03. The van der Waals surface area contributed by atoms with Crippen LogP contribution in [-0.2, 0) is 11.3 Å². The second-order valence-electron chi connectivity index (χ2n) is 5.00. The molecular formula is C14H22N4O. The summed E-state index contributed by atoms with van der Waals surface area (Å²) in [6.07, 6.45) is 0. The Balaban J connectivity index is 1.78. The zero-order valence-electron chi connectivity index (χ0n) is 11.6. The average Bonchev–Trinajstić information content (AvgIpc) is 2.39. The minimum atomic E-state index is -0.0386. The lowest BCUT2D eigenvalue weighted by atomic mass is 10.2. The third-order valence-corrected chi connectivity index (χ3v) is 3.28. The van der Waals surface area contributed by atoms with Gasteiger partial charge in [-0.3, -0.25) is 10.2 Å². The van der Waals surface area contributed by atoms with E-state index in [2.05, 4.69) is 27.7 Å². The van der Waals surface area contributed by atoms with Gasteiger partial charge in [0.25, 0.3) is 0 Å². The van der Waals surface area contributed by atoms with Gasteiger partial charge in [0.1, 0.15) is 0 Å². The highest BCUT2D eigenvalue weighted by Crippen LogP contribution is 2.09. The Bertz CT molecular complexity index is 410. The molecule has 1 fully saturated rings. The van der Waals surface area contributed by atoms with Crippen molar-refractivity contribution in [2.45, 2.75) is 13.5 Å². The van der Waals surface area contributed by atoms with Crippen LogP contribution in [0.5, 0.6) is 0 Å². The first-order chi connectivity index (χ1) is 9.13. The van der Waals surface area contributed by atoms with E-state index in [9.17, 15) is 4.79 Å². The van der Waals surface area contributed by atoms with Gasteiger partial charge in [-0.05, 0) is 24.7 Å². The molecule has 0 bridgehead atoms. The number of benzene rings is 1. The molecule has 0 radical (unpaired) electrons. The number of carbonyl (C=O) groups excluding carboxylic acids is 1. The van der Waals surface area contributed by atoms with E-state index < -0.39 is 0 Å². The van der Waals surface area contributed by atoms with E-state index in [4.69, 9.17) is 0 Å². The van der Waals surface area contributed by atoms with E-state index in [-0.39, 0.29) is 5.91 Å². The van der Waals surface area contributed by atoms with Gasteiger partial charge in [-0.2, -0.15) is 0 Å². The van der Waals surface area contributed by atoms with Crippen molar-refractivity contribution in [3.05, 3.63) is 29.8 Å². The molecule has 1 aliphatic rings. The summed E-state index contributed by atoms with van der Waals surface area (Å²) in [5.74, 6) is -0.0386. The number of amides is 1. The van der Waals surface area contributed by atoms with Crippen molar-refractivity contribution >= 4 is 11.6 Å². The molecule has 0 saturated carbocycles. The highest BCUT2D eigenvalue weighted by atomic mass is 16.1. The summed E-state index contributed by atoms with van der Waals surface area (Å²) in [6, 6.07) is 7.94. The first kappa shape index (κ1) is 14.0. The summed E-state index contributed by atoms with van der Waals surface area (Å²) in [7, 11) is 2.15. The Kier molecular flexibility index (Phi) is 4.90. The molecule has 0 unspecified atom stereocenters. The second-order valence-corrected chi connectivity index (χ2v) is 5.00. The fraction of sp³-hybridized carbons (Fsp3) is 0.500. The predicted molar refractivity (Wildman–Crippen MR) is 76.7 cm³/mol. The van der Waals surface area contributed by atoms with Crippen LogP contribution in [0, 0.1) is 0 Å². The minimum absolute atomic E-state index is 0.0386. The van der Waals surface area contributed by atoms with Crippen molar-refractivity contribution in [2.24, 2.45) is 0 Å². The molecule has 19 heavy (non-hydrogen) atoms. The Morgan fingerprint density at radius 2 is 1.79 bits per heavy atom. The minimum Gasteiger partial charge on any atom is -0.326 e. The van der Waals surface area contributed by atoms with E-state index in [1.807, 2.05) is 24.3 Å². The molecule has 1 aromatic carbocycles. The molecule has 1 aromatic rings. The van der Waals surface area contributed by atoms with Gasteiger partial charge in [0, 0.05) is 45.3 Å². The number of nitrogens with zero attached hydrogens (tertiary/aromatic N) is 2. The van der Waals surface area contributed by atoms with Crippen molar-refractivity contribution in [3.63, 3.8) is 0 Å². The molecule has 1 saturated heterocycles. The van der Waals surface area contributed by atoms with Crippen LogP contribution in [0.4, 0.5) is 5.69 Å². The van der Waals surface area contributed by atoms with Gasteiger partial charge in [-0.15, -0.1) is 0 Å². The Labute approximate surface area is 114 Å². The Morgan fingerprint density at radius 3 is 2.37 bits per heavy atom. The molecule has 0 aromatic heterocycles. The molecule has 1 heterocycles. The predicted octanol–water partition coefficient (Wildman–Crippen LogP) is 0.897. The molecule has 1 amide bonds. The van der Waals surface area contributed by atoms with Crippen LogP contribution in [0.2, 0.25) is 0 Å². The molecule has 2 N–H and O–H groups in total. The number of nitrogens with one attached hydrogen (secondary N) is 2. The summed E-state index contributed by atoms with van der Waals surface area (Å²) in [6.45, 7) is 6.66. The standard InChI is InChI=1S/C14H22N4O/c1-12(19)16-14-5-3-13(4-6-14)11-15-18-9-7-17(2)8-10-18/h3-6,15H,7-11H2,1-2H3,(H,16,19). The van der Waals surface area contributed by atoms with Crippen LogP contribution >= 0.6 is 0 Å². The van der Waals surface area contributed by atoms with Crippen LogP contribution in [0.1, 0.15) is 12.5 Å². The zero-order valence-corrected chi connectivity index (χ0v) is 11.6. The summed E-state index contributed by atoms with van der Waals surface area (Å²) in [5.41, 5.74) is 5.50. The maximum absolute atomic E-state index is 10.9. The molecule has 5 heteroatoms. The number of hydrazine groups is 1. The molecular weight excluding hydrogens is 240 g/mol. The van der Waals surface area contributed by atoms with Crippen LogP contribution in [0.3, 0.4) is 0 Å². The molecule has 1 aliphatic heterocycles. The maximum Gasteiger partial charge on any atom is 0.221 e. The fourth-order valence-electron chi connectivity index (χ4n) is 2.08. The molecule has 0 aliphatic carbocycles. The van der Waals surface area contributed by atoms with E-state index in [0.717, 1.165) is 38.4 Å². The number of rotatable bonds is 4. The summed E-state index contributed by atoms with van der Waals surface area (Å²) >= 11 is 0. The third-order valence-electron chi connectivity index (χ3n) is 3.28. The van der Waals surface area contributed by atoms with Crippen molar-refractivity contribution in [1.82, 2.24) is 15.3 Å². The topological polar surface area (TPSA) is 47.6 Å². The van der Waals surface area contributed by atoms with E-state index in [0.29, 0.717) is 0 Å². The Morgan fingerprint density at radius 1 is 1.16 bits per heavy atom. The normalized spacial score (nSPS) is 17.4. The number of hydrogen-bond donors (Lipinski definition) is 2. The highest BCUT2D eigenvalue weighted by molar-refractivity contribution is 5.88. The van der Waals surface area contributed by atoms with Crippen LogP contribution < -0.4 is 10.7 Å². The SMILES string of the molecule is CC(=O)Nc1ccc(CNN2CCN(C)CC2)cc1. The smallest absolute Gasteiger partial charge is 0.221 e. The number of hydrogen-bond acceptors (Lipinski definition) is 4. The van der Waals surface area contributed by atoms with Crippen molar-refractivity contribution in [1.29, 1.82) is 0 Å². The largest absolute Gasteiger partial charge is 0.326 e. The lowest BCUT2D eigenvalue weighted by molar-refractivity contribution is -0.114. The quantitative estimate of drug-likeness (QED) is 0.846. The number of likely N-dealkylation sites (N-methyl/N-ethyl adjacent to an activating group) is 1. The van der Waals surface area contributed by atoms with Gasteiger partial charge < -0.3 is 10.2 Å². The van der Waals surface area contributed by atoms with Gasteiger partial charge in [0.15, 0.2) is 0 Å². The van der Waals surface area contributed by atoms with E-state index >= 15 is 0 Å². The van der Waals surface area contributed by atoms with E-state index in [1.165, 1.54) is 12.5 Å². The zero-order chi connectivity index (χ0) is 13.7. The lowest BCUT2D eigenvalue weighted by Crippen LogP contribution is -2.50. The second kappa shape index (κ2) is 6.65. The third kappa shape index (κ3) is 4.63. The van der Waals surface area contributed by atoms with Crippen molar-refractivity contribution in [2.75, 3.05) is 38.5 Å². The fourth-order valence-corrected chi connectivity index (χ4v) is 2.08. The summed E-state index contributed by atoms with van der Waals surface area (Å²) < 4.78 is 0. The Hall–Kier alpha value is -1.43.